The number of esters is 1. The second-order valence-corrected chi connectivity index (χ2v) is 6.82. The number of fused-ring (bicyclic) bond motifs is 1. The number of carbonyl (C=O) groups is 1. The van der Waals surface area contributed by atoms with Gasteiger partial charge in [-0.25, -0.2) is 9.36 Å². The lowest BCUT2D eigenvalue weighted by Gasteiger charge is -2.09. The van der Waals surface area contributed by atoms with Crippen LogP contribution in [-0.2, 0) is 27.1 Å². The van der Waals surface area contributed by atoms with Crippen LogP contribution in [0.3, 0.4) is 0 Å². The largest absolute Gasteiger partial charge is 0.524 e. The highest BCUT2D eigenvalue weighted by molar-refractivity contribution is 7.46. The van der Waals surface area contributed by atoms with Crippen molar-refractivity contribution in [2.24, 2.45) is 0 Å². The molecule has 1 aromatic heterocycles. The molecule has 0 amide bonds. The molecule has 0 radical (unpaired) electrons. The molecule has 0 bridgehead atoms. The summed E-state index contributed by atoms with van der Waals surface area (Å²) < 4.78 is 25.6. The zero-order valence-corrected chi connectivity index (χ0v) is 14.8. The van der Waals surface area contributed by atoms with Crippen LogP contribution in [0.5, 0.6) is 5.75 Å². The third-order valence-corrected chi connectivity index (χ3v) is 4.05. The Morgan fingerprint density at radius 2 is 1.81 bits per heavy atom. The monoisotopic (exact) mass is 390 g/mol. The molecule has 9 heteroatoms. The summed E-state index contributed by atoms with van der Waals surface area (Å²) in [5.41, 5.74) is 0.547. The van der Waals surface area contributed by atoms with Crippen molar-refractivity contribution in [1.29, 1.82) is 0 Å². The van der Waals surface area contributed by atoms with Crippen LogP contribution < -0.4 is 10.1 Å². The molecule has 0 fully saturated rings. The van der Waals surface area contributed by atoms with Crippen LogP contribution in [-0.4, -0.2) is 15.8 Å². The zero-order valence-electron chi connectivity index (χ0n) is 13.9. The van der Waals surface area contributed by atoms with Crippen LogP contribution in [0.1, 0.15) is 11.1 Å². The summed E-state index contributed by atoms with van der Waals surface area (Å²) >= 11 is 0. The standard InChI is InChI=1S/C18H15O8P/c19-17(24-11-12-4-2-1-3-5-12)8-13-9-18(20)25-16-10-14(6-7-15(13)16)26-27(21,22)23/h1-7,9-10H,8,11H2,(H2,21,22,23). The van der Waals surface area contributed by atoms with E-state index in [1.54, 1.807) is 0 Å². The molecule has 3 aromatic rings. The SMILES string of the molecule is O=C(Cc1cc(=O)oc2cc(OP(=O)(O)O)ccc12)OCc1ccccc1. The summed E-state index contributed by atoms with van der Waals surface area (Å²) in [6, 6.07) is 14.3. The summed E-state index contributed by atoms with van der Waals surface area (Å²) in [6.45, 7) is 0.110. The molecule has 0 saturated heterocycles. The van der Waals surface area contributed by atoms with Gasteiger partial charge in [-0.05, 0) is 23.3 Å². The van der Waals surface area contributed by atoms with E-state index in [0.29, 0.717) is 10.9 Å². The quantitative estimate of drug-likeness (QED) is 0.374. The van der Waals surface area contributed by atoms with Gasteiger partial charge in [-0.1, -0.05) is 30.3 Å². The minimum atomic E-state index is -4.74. The molecular weight excluding hydrogens is 375 g/mol. The fourth-order valence-electron chi connectivity index (χ4n) is 2.50. The van der Waals surface area contributed by atoms with Gasteiger partial charge in [0.1, 0.15) is 17.9 Å². The molecule has 0 aliphatic carbocycles. The zero-order chi connectivity index (χ0) is 19.4. The second-order valence-electron chi connectivity index (χ2n) is 5.65. The van der Waals surface area contributed by atoms with Gasteiger partial charge < -0.3 is 13.7 Å². The predicted molar refractivity (Wildman–Crippen MR) is 95.1 cm³/mol. The van der Waals surface area contributed by atoms with Crippen LogP contribution in [0.4, 0.5) is 0 Å². The molecule has 0 spiro atoms. The summed E-state index contributed by atoms with van der Waals surface area (Å²) in [5, 5.41) is 0.435. The molecule has 2 N–H and O–H groups in total. The average Bonchev–Trinajstić information content (AvgIpc) is 2.59. The normalized spacial score (nSPS) is 11.3. The van der Waals surface area contributed by atoms with Crippen LogP contribution in [0, 0.1) is 0 Å². The summed E-state index contributed by atoms with van der Waals surface area (Å²) in [7, 11) is -4.74. The second kappa shape index (κ2) is 7.75. The maximum absolute atomic E-state index is 12.1. The highest BCUT2D eigenvalue weighted by Crippen LogP contribution is 2.38. The molecular formula is C18H15O8P. The summed E-state index contributed by atoms with van der Waals surface area (Å²) in [4.78, 5) is 41.6. The van der Waals surface area contributed by atoms with Gasteiger partial charge in [-0.3, -0.25) is 14.6 Å². The van der Waals surface area contributed by atoms with Gasteiger partial charge in [0.15, 0.2) is 0 Å². The number of hydrogen-bond acceptors (Lipinski definition) is 6. The lowest BCUT2D eigenvalue weighted by atomic mass is 10.1. The molecule has 3 rings (SSSR count). The Hall–Kier alpha value is -2.93. The number of phosphoric acid groups is 1. The van der Waals surface area contributed by atoms with Gasteiger partial charge in [0.05, 0.1) is 6.42 Å². The van der Waals surface area contributed by atoms with E-state index < -0.39 is 19.4 Å². The van der Waals surface area contributed by atoms with E-state index >= 15 is 0 Å². The minimum Gasteiger partial charge on any atom is -0.461 e. The Labute approximate surface area is 153 Å². The first-order chi connectivity index (χ1) is 12.8. The van der Waals surface area contributed by atoms with E-state index in [9.17, 15) is 14.2 Å². The van der Waals surface area contributed by atoms with Crippen LogP contribution in [0.15, 0.2) is 63.8 Å². The van der Waals surface area contributed by atoms with E-state index in [1.807, 2.05) is 30.3 Å². The molecule has 140 valence electrons. The van der Waals surface area contributed by atoms with Crippen molar-refractivity contribution in [2.45, 2.75) is 13.0 Å². The topological polar surface area (TPSA) is 123 Å². The van der Waals surface area contributed by atoms with Crippen molar-refractivity contribution in [3.05, 3.63) is 76.1 Å². The van der Waals surface area contributed by atoms with Crippen molar-refractivity contribution in [1.82, 2.24) is 0 Å². The number of benzene rings is 2. The Morgan fingerprint density at radius 3 is 2.52 bits per heavy atom. The van der Waals surface area contributed by atoms with Crippen molar-refractivity contribution >= 4 is 24.8 Å². The van der Waals surface area contributed by atoms with Crippen molar-refractivity contribution < 1.29 is 32.8 Å². The van der Waals surface area contributed by atoms with Gasteiger partial charge in [0, 0.05) is 17.5 Å². The number of ether oxygens (including phenoxy) is 1. The molecule has 0 aliphatic heterocycles. The Bertz CT molecular complexity index is 1070. The van der Waals surface area contributed by atoms with E-state index in [-0.39, 0.29) is 24.4 Å². The Morgan fingerprint density at radius 1 is 1.07 bits per heavy atom. The number of rotatable bonds is 6. The predicted octanol–water partition coefficient (Wildman–Crippen LogP) is 2.55. The highest BCUT2D eigenvalue weighted by atomic mass is 31.2. The average molecular weight is 390 g/mol. The van der Waals surface area contributed by atoms with E-state index in [2.05, 4.69) is 4.52 Å². The fourth-order valence-corrected chi connectivity index (χ4v) is 2.88. The van der Waals surface area contributed by atoms with E-state index in [0.717, 1.165) is 5.56 Å². The van der Waals surface area contributed by atoms with Gasteiger partial charge in [0.25, 0.3) is 0 Å². The van der Waals surface area contributed by atoms with Crippen molar-refractivity contribution in [3.8, 4) is 5.75 Å². The van der Waals surface area contributed by atoms with E-state index in [1.165, 1.54) is 24.3 Å². The molecule has 0 atom stereocenters. The molecule has 27 heavy (non-hydrogen) atoms. The third kappa shape index (κ3) is 5.27. The lowest BCUT2D eigenvalue weighted by molar-refractivity contribution is -0.144. The van der Waals surface area contributed by atoms with Crippen molar-refractivity contribution in [3.63, 3.8) is 0 Å². The van der Waals surface area contributed by atoms with Crippen LogP contribution in [0.2, 0.25) is 0 Å². The van der Waals surface area contributed by atoms with E-state index in [4.69, 9.17) is 18.9 Å². The number of carbonyl (C=O) groups excluding carboxylic acids is 1. The summed E-state index contributed by atoms with van der Waals surface area (Å²) in [6.07, 6.45) is -0.159. The Kier molecular flexibility index (Phi) is 5.41. The van der Waals surface area contributed by atoms with Gasteiger partial charge in [-0.2, -0.15) is 0 Å². The molecule has 0 unspecified atom stereocenters. The van der Waals surface area contributed by atoms with Crippen molar-refractivity contribution in [2.75, 3.05) is 0 Å². The summed E-state index contributed by atoms with van der Waals surface area (Å²) in [5.74, 6) is -0.691. The lowest BCUT2D eigenvalue weighted by Crippen LogP contribution is -2.10. The molecule has 1 heterocycles. The Balaban J connectivity index is 1.80. The third-order valence-electron chi connectivity index (χ3n) is 3.60. The molecule has 0 aliphatic rings. The maximum atomic E-state index is 12.1. The van der Waals surface area contributed by atoms with Crippen LogP contribution in [0.25, 0.3) is 11.0 Å². The van der Waals surface area contributed by atoms with Gasteiger partial charge >= 0.3 is 19.4 Å². The number of phosphoric ester groups is 1. The minimum absolute atomic E-state index is 0.0410. The first-order valence-corrected chi connectivity index (χ1v) is 9.35. The fraction of sp³-hybridized carbons (Fsp3) is 0.111. The first-order valence-electron chi connectivity index (χ1n) is 7.82. The molecule has 0 saturated carbocycles. The molecule has 2 aromatic carbocycles. The van der Waals surface area contributed by atoms with Crippen LogP contribution >= 0.6 is 7.82 Å². The number of hydrogen-bond donors (Lipinski definition) is 2. The first kappa shape index (κ1) is 18.8. The maximum Gasteiger partial charge on any atom is 0.524 e. The van der Waals surface area contributed by atoms with Gasteiger partial charge in [-0.15, -0.1) is 0 Å². The smallest absolute Gasteiger partial charge is 0.461 e. The molecule has 8 nitrogen and oxygen atoms in total. The van der Waals surface area contributed by atoms with Gasteiger partial charge in [0.2, 0.25) is 0 Å². The highest BCUT2D eigenvalue weighted by Gasteiger charge is 2.17.